The van der Waals surface area contributed by atoms with Crippen LogP contribution < -0.4 is 15.4 Å². The quantitative estimate of drug-likeness (QED) is 0.818. The van der Waals surface area contributed by atoms with Crippen LogP contribution in [-0.2, 0) is 13.0 Å². The topological polar surface area (TPSA) is 85.2 Å². The van der Waals surface area contributed by atoms with Crippen molar-refractivity contribution in [1.82, 2.24) is 14.9 Å². The van der Waals surface area contributed by atoms with Gasteiger partial charge in [0.25, 0.3) is 11.8 Å². The van der Waals surface area contributed by atoms with Gasteiger partial charge in [-0.05, 0) is 52.2 Å². The zero-order chi connectivity index (χ0) is 19.4. The number of rotatable bonds is 6. The van der Waals surface area contributed by atoms with Crippen molar-refractivity contribution in [1.29, 1.82) is 0 Å². The molecular formula is C20H26N4O3. The highest BCUT2D eigenvalue weighted by molar-refractivity contribution is 6.05. The van der Waals surface area contributed by atoms with E-state index in [0.717, 1.165) is 25.0 Å². The zero-order valence-corrected chi connectivity index (χ0v) is 16.0. The lowest BCUT2D eigenvalue weighted by atomic mass is 10.1. The largest absolute Gasteiger partial charge is 0.492 e. The number of nitrogens with one attached hydrogen (secondary N) is 2. The second-order valence-corrected chi connectivity index (χ2v) is 6.85. The number of aromatic nitrogens is 2. The number of anilines is 1. The molecule has 0 spiro atoms. The van der Waals surface area contributed by atoms with Crippen molar-refractivity contribution in [3.8, 4) is 5.75 Å². The molecule has 2 heterocycles. The number of imidazole rings is 1. The third-order valence-corrected chi connectivity index (χ3v) is 4.39. The Balaban J connectivity index is 1.91. The molecule has 0 bridgehead atoms. The lowest BCUT2D eigenvalue weighted by Gasteiger charge is -2.17. The fourth-order valence-corrected chi connectivity index (χ4v) is 3.26. The molecule has 0 aliphatic carbocycles. The summed E-state index contributed by atoms with van der Waals surface area (Å²) in [5.74, 6) is 0.346. The molecule has 1 aromatic heterocycles. The third kappa shape index (κ3) is 4.13. The summed E-state index contributed by atoms with van der Waals surface area (Å²) in [7, 11) is 0. The minimum absolute atomic E-state index is 0.00406. The molecule has 27 heavy (non-hydrogen) atoms. The van der Waals surface area contributed by atoms with Crippen molar-refractivity contribution < 1.29 is 14.3 Å². The zero-order valence-electron chi connectivity index (χ0n) is 16.0. The Hall–Kier alpha value is -2.83. The van der Waals surface area contributed by atoms with E-state index >= 15 is 0 Å². The van der Waals surface area contributed by atoms with Crippen molar-refractivity contribution >= 4 is 17.5 Å². The maximum absolute atomic E-state index is 12.9. The second kappa shape index (κ2) is 8.24. The molecule has 0 atom stereocenters. The van der Waals surface area contributed by atoms with Gasteiger partial charge in [-0.1, -0.05) is 12.1 Å². The predicted octanol–water partition coefficient (Wildman–Crippen LogP) is 3.01. The van der Waals surface area contributed by atoms with Crippen LogP contribution in [0.5, 0.6) is 5.75 Å². The smallest absolute Gasteiger partial charge is 0.287 e. The summed E-state index contributed by atoms with van der Waals surface area (Å²) in [5, 5.41) is 5.75. The van der Waals surface area contributed by atoms with Crippen molar-refractivity contribution in [3.63, 3.8) is 0 Å². The van der Waals surface area contributed by atoms with E-state index in [0.29, 0.717) is 36.1 Å². The molecule has 2 amide bonds. The first kappa shape index (κ1) is 18.9. The highest BCUT2D eigenvalue weighted by Crippen LogP contribution is 2.26. The van der Waals surface area contributed by atoms with Gasteiger partial charge in [-0.15, -0.1) is 0 Å². The Morgan fingerprint density at radius 3 is 2.74 bits per heavy atom. The van der Waals surface area contributed by atoms with Gasteiger partial charge in [0, 0.05) is 12.6 Å². The molecule has 0 unspecified atom stereocenters. The number of hydrogen-bond donors (Lipinski definition) is 2. The Labute approximate surface area is 159 Å². The van der Waals surface area contributed by atoms with Crippen molar-refractivity contribution in [2.24, 2.45) is 0 Å². The van der Waals surface area contributed by atoms with Crippen LogP contribution in [0.2, 0.25) is 0 Å². The van der Waals surface area contributed by atoms with Crippen LogP contribution in [0.4, 0.5) is 5.69 Å². The molecule has 7 nitrogen and oxygen atoms in total. The first-order valence-electron chi connectivity index (χ1n) is 9.44. The van der Waals surface area contributed by atoms with Crippen LogP contribution >= 0.6 is 0 Å². The van der Waals surface area contributed by atoms with Crippen LogP contribution in [-0.4, -0.2) is 34.0 Å². The van der Waals surface area contributed by atoms with Gasteiger partial charge in [0.2, 0.25) is 0 Å². The van der Waals surface area contributed by atoms with Gasteiger partial charge in [-0.3, -0.25) is 9.59 Å². The van der Waals surface area contributed by atoms with E-state index in [1.165, 1.54) is 0 Å². The summed E-state index contributed by atoms with van der Waals surface area (Å²) < 4.78 is 7.45. The summed E-state index contributed by atoms with van der Waals surface area (Å²) in [6, 6.07) is 7.29. The number of amides is 2. The molecule has 1 aliphatic heterocycles. The molecule has 144 valence electrons. The van der Waals surface area contributed by atoms with Gasteiger partial charge in [-0.25, -0.2) is 4.98 Å². The first-order valence-corrected chi connectivity index (χ1v) is 9.44. The lowest BCUT2D eigenvalue weighted by Crippen LogP contribution is -2.33. The van der Waals surface area contributed by atoms with Gasteiger partial charge >= 0.3 is 0 Å². The molecule has 0 saturated carbocycles. The number of carbonyl (C=O) groups is 2. The average Bonchev–Trinajstić information content (AvgIpc) is 3.03. The summed E-state index contributed by atoms with van der Waals surface area (Å²) in [4.78, 5) is 29.9. The number of para-hydroxylation sites is 2. The maximum Gasteiger partial charge on any atom is 0.287 e. The molecule has 0 radical (unpaired) electrons. The number of hydrogen-bond acceptors (Lipinski definition) is 4. The van der Waals surface area contributed by atoms with Crippen LogP contribution in [0.3, 0.4) is 0 Å². The number of carbonyl (C=O) groups excluding carboxylic acids is 2. The van der Waals surface area contributed by atoms with Crippen LogP contribution in [0.1, 0.15) is 60.4 Å². The van der Waals surface area contributed by atoms with E-state index < -0.39 is 0 Å². The normalized spacial score (nSPS) is 13.2. The SMILES string of the molecule is CCOc1ccccc1NC(=O)c1nc(C(=O)NC(C)C)n2c1CCCC2. The Bertz CT molecular complexity index is 842. The maximum atomic E-state index is 12.9. The van der Waals surface area contributed by atoms with Crippen molar-refractivity contribution in [2.75, 3.05) is 11.9 Å². The van der Waals surface area contributed by atoms with Crippen LogP contribution in [0, 0.1) is 0 Å². The van der Waals surface area contributed by atoms with Gasteiger partial charge in [0.05, 0.1) is 18.0 Å². The van der Waals surface area contributed by atoms with E-state index in [9.17, 15) is 9.59 Å². The molecular weight excluding hydrogens is 344 g/mol. The van der Waals surface area contributed by atoms with E-state index in [-0.39, 0.29) is 17.9 Å². The van der Waals surface area contributed by atoms with E-state index in [1.807, 2.05) is 43.5 Å². The van der Waals surface area contributed by atoms with E-state index in [2.05, 4.69) is 15.6 Å². The fraction of sp³-hybridized carbons (Fsp3) is 0.450. The molecule has 0 fully saturated rings. The number of benzene rings is 1. The first-order chi connectivity index (χ1) is 13.0. The molecule has 2 N–H and O–H groups in total. The highest BCUT2D eigenvalue weighted by Gasteiger charge is 2.28. The summed E-state index contributed by atoms with van der Waals surface area (Å²) in [6.07, 6.45) is 2.68. The molecule has 0 saturated heterocycles. The molecule has 7 heteroatoms. The number of ether oxygens (including phenoxy) is 1. The van der Waals surface area contributed by atoms with E-state index in [1.54, 1.807) is 6.07 Å². The Morgan fingerprint density at radius 1 is 1.22 bits per heavy atom. The summed E-state index contributed by atoms with van der Waals surface area (Å²) in [5.41, 5.74) is 1.73. The third-order valence-electron chi connectivity index (χ3n) is 4.39. The monoisotopic (exact) mass is 370 g/mol. The van der Waals surface area contributed by atoms with Gasteiger partial charge < -0.3 is 19.9 Å². The van der Waals surface area contributed by atoms with Crippen LogP contribution in [0.25, 0.3) is 0 Å². The molecule has 3 rings (SSSR count). The minimum atomic E-state index is -0.323. The van der Waals surface area contributed by atoms with Crippen molar-refractivity contribution in [3.05, 3.63) is 41.5 Å². The van der Waals surface area contributed by atoms with Gasteiger partial charge in [0.15, 0.2) is 11.5 Å². The van der Waals surface area contributed by atoms with Gasteiger partial charge in [0.1, 0.15) is 5.75 Å². The van der Waals surface area contributed by atoms with Crippen molar-refractivity contribution in [2.45, 2.75) is 52.6 Å². The fourth-order valence-electron chi connectivity index (χ4n) is 3.26. The predicted molar refractivity (Wildman–Crippen MR) is 103 cm³/mol. The van der Waals surface area contributed by atoms with Gasteiger partial charge in [-0.2, -0.15) is 0 Å². The minimum Gasteiger partial charge on any atom is -0.492 e. The Morgan fingerprint density at radius 2 is 2.00 bits per heavy atom. The number of fused-ring (bicyclic) bond motifs is 1. The average molecular weight is 370 g/mol. The van der Waals surface area contributed by atoms with Crippen LogP contribution in [0.15, 0.2) is 24.3 Å². The molecule has 1 aromatic carbocycles. The lowest BCUT2D eigenvalue weighted by molar-refractivity contribution is 0.0927. The highest BCUT2D eigenvalue weighted by atomic mass is 16.5. The standard InChI is InChI=1S/C20H26N4O3/c1-4-27-16-11-6-5-9-14(16)22-19(25)17-15-10-7-8-12-24(15)18(23-17)20(26)21-13(2)3/h5-6,9,11,13H,4,7-8,10,12H2,1-3H3,(H,21,26)(H,22,25). The number of nitrogens with zero attached hydrogens (tertiary/aromatic N) is 2. The van der Waals surface area contributed by atoms with E-state index in [4.69, 9.17) is 4.74 Å². The Kier molecular flexibility index (Phi) is 5.78. The molecule has 2 aromatic rings. The summed E-state index contributed by atoms with van der Waals surface area (Å²) >= 11 is 0. The summed E-state index contributed by atoms with van der Waals surface area (Å²) in [6.45, 7) is 6.90. The second-order valence-electron chi connectivity index (χ2n) is 6.85. The molecule has 1 aliphatic rings.